The molecule has 0 radical (unpaired) electrons. The summed E-state index contributed by atoms with van der Waals surface area (Å²) in [5, 5.41) is 11.2. The minimum Gasteiger partial charge on any atom is -0.481 e. The van der Waals surface area contributed by atoms with Gasteiger partial charge in [0.1, 0.15) is 0 Å². The highest BCUT2D eigenvalue weighted by atomic mass is 16.4. The van der Waals surface area contributed by atoms with E-state index in [1.807, 2.05) is 0 Å². The zero-order valence-electron chi connectivity index (χ0n) is 9.07. The van der Waals surface area contributed by atoms with Gasteiger partial charge in [-0.25, -0.2) is 0 Å². The predicted octanol–water partition coefficient (Wildman–Crippen LogP) is -0.227. The van der Waals surface area contributed by atoms with Crippen LogP contribution in [0.25, 0.3) is 0 Å². The van der Waals surface area contributed by atoms with Gasteiger partial charge in [0.15, 0.2) is 0 Å². The SMILES string of the molecule is CNC(=O)C(C)N(C)CC(C)C(=O)O. The van der Waals surface area contributed by atoms with Gasteiger partial charge in [-0.05, 0) is 14.0 Å². The first-order valence-electron chi connectivity index (χ1n) is 4.54. The molecule has 0 bridgehead atoms. The molecule has 2 N–H and O–H groups in total. The van der Waals surface area contributed by atoms with Gasteiger partial charge in [-0.3, -0.25) is 14.5 Å². The van der Waals surface area contributed by atoms with Gasteiger partial charge in [0.2, 0.25) is 5.91 Å². The maximum absolute atomic E-state index is 11.2. The second kappa shape index (κ2) is 5.59. The summed E-state index contributed by atoms with van der Waals surface area (Å²) in [7, 11) is 3.30. The number of likely N-dealkylation sites (N-methyl/N-ethyl adjacent to an activating group) is 2. The van der Waals surface area contributed by atoms with Crippen molar-refractivity contribution in [2.24, 2.45) is 5.92 Å². The number of amides is 1. The first-order chi connectivity index (χ1) is 6.40. The van der Waals surface area contributed by atoms with E-state index in [4.69, 9.17) is 5.11 Å². The van der Waals surface area contributed by atoms with Gasteiger partial charge in [-0.1, -0.05) is 6.92 Å². The minimum absolute atomic E-state index is 0.106. The summed E-state index contributed by atoms with van der Waals surface area (Å²) >= 11 is 0. The first-order valence-corrected chi connectivity index (χ1v) is 4.54. The van der Waals surface area contributed by atoms with Gasteiger partial charge in [-0.2, -0.15) is 0 Å². The third-order valence-electron chi connectivity index (χ3n) is 2.27. The third-order valence-corrected chi connectivity index (χ3v) is 2.27. The van der Waals surface area contributed by atoms with Crippen LogP contribution in [0.15, 0.2) is 0 Å². The van der Waals surface area contributed by atoms with Crippen molar-refractivity contribution in [3.8, 4) is 0 Å². The van der Waals surface area contributed by atoms with Gasteiger partial charge in [0.25, 0.3) is 0 Å². The summed E-state index contributed by atoms with van der Waals surface area (Å²) in [5.74, 6) is -1.42. The molecule has 0 heterocycles. The number of aliphatic carboxylic acids is 1. The predicted molar refractivity (Wildman–Crippen MR) is 53.0 cm³/mol. The molecule has 0 rings (SSSR count). The Morgan fingerprint density at radius 2 is 1.93 bits per heavy atom. The highest BCUT2D eigenvalue weighted by molar-refractivity contribution is 5.81. The molecule has 14 heavy (non-hydrogen) atoms. The maximum atomic E-state index is 11.2. The van der Waals surface area contributed by atoms with Gasteiger partial charge >= 0.3 is 5.97 Å². The summed E-state index contributed by atoms with van der Waals surface area (Å²) in [6, 6.07) is -0.304. The quantitative estimate of drug-likeness (QED) is 0.646. The van der Waals surface area contributed by atoms with Crippen LogP contribution >= 0.6 is 0 Å². The number of hydrogen-bond donors (Lipinski definition) is 2. The van der Waals surface area contributed by atoms with Crippen molar-refractivity contribution in [3.05, 3.63) is 0 Å². The Labute approximate surface area is 84.1 Å². The fourth-order valence-corrected chi connectivity index (χ4v) is 1.08. The van der Waals surface area contributed by atoms with E-state index >= 15 is 0 Å². The summed E-state index contributed by atoms with van der Waals surface area (Å²) in [6.07, 6.45) is 0. The van der Waals surface area contributed by atoms with Crippen molar-refractivity contribution in [1.29, 1.82) is 0 Å². The molecule has 82 valence electrons. The van der Waals surface area contributed by atoms with E-state index in [2.05, 4.69) is 5.32 Å². The molecular formula is C9H18N2O3. The molecule has 0 saturated heterocycles. The van der Waals surface area contributed by atoms with Crippen molar-refractivity contribution in [2.75, 3.05) is 20.6 Å². The molecule has 0 aliphatic carbocycles. The molecule has 0 fully saturated rings. The van der Waals surface area contributed by atoms with E-state index < -0.39 is 11.9 Å². The van der Waals surface area contributed by atoms with Gasteiger partial charge < -0.3 is 10.4 Å². The van der Waals surface area contributed by atoms with Crippen LogP contribution in [0.2, 0.25) is 0 Å². The highest BCUT2D eigenvalue weighted by Gasteiger charge is 2.20. The molecular weight excluding hydrogens is 184 g/mol. The van der Waals surface area contributed by atoms with Crippen molar-refractivity contribution in [2.45, 2.75) is 19.9 Å². The average molecular weight is 202 g/mol. The Bertz CT molecular complexity index is 218. The molecule has 1 amide bonds. The monoisotopic (exact) mass is 202 g/mol. The van der Waals surface area contributed by atoms with Gasteiger partial charge in [0.05, 0.1) is 12.0 Å². The van der Waals surface area contributed by atoms with E-state index in [0.717, 1.165) is 0 Å². The lowest BCUT2D eigenvalue weighted by atomic mass is 10.1. The number of hydrogen-bond acceptors (Lipinski definition) is 3. The van der Waals surface area contributed by atoms with Crippen molar-refractivity contribution in [3.63, 3.8) is 0 Å². The zero-order chi connectivity index (χ0) is 11.3. The summed E-state index contributed by atoms with van der Waals surface area (Å²) in [4.78, 5) is 23.5. The van der Waals surface area contributed by atoms with Crippen LogP contribution in [0.3, 0.4) is 0 Å². The van der Waals surface area contributed by atoms with Crippen molar-refractivity contribution >= 4 is 11.9 Å². The van der Waals surface area contributed by atoms with Crippen molar-refractivity contribution < 1.29 is 14.7 Å². The molecule has 2 unspecified atom stereocenters. The standard InChI is InChI=1S/C9H18N2O3/c1-6(9(13)14)5-11(4)7(2)8(12)10-3/h6-7H,5H2,1-4H3,(H,10,12)(H,13,14). The van der Waals surface area contributed by atoms with E-state index in [-0.39, 0.29) is 11.9 Å². The molecule has 5 nitrogen and oxygen atoms in total. The molecule has 5 heteroatoms. The number of carboxylic acids is 1. The van der Waals surface area contributed by atoms with E-state index in [1.54, 1.807) is 32.8 Å². The van der Waals surface area contributed by atoms with Gasteiger partial charge in [0, 0.05) is 13.6 Å². The van der Waals surface area contributed by atoms with E-state index in [1.165, 1.54) is 0 Å². The number of carbonyl (C=O) groups is 2. The van der Waals surface area contributed by atoms with E-state index in [9.17, 15) is 9.59 Å². The molecule has 2 atom stereocenters. The molecule has 0 aromatic carbocycles. The lowest BCUT2D eigenvalue weighted by Crippen LogP contribution is -2.44. The topological polar surface area (TPSA) is 69.6 Å². The highest BCUT2D eigenvalue weighted by Crippen LogP contribution is 2.02. The fraction of sp³-hybridized carbons (Fsp3) is 0.778. The number of nitrogens with zero attached hydrogens (tertiary/aromatic N) is 1. The zero-order valence-corrected chi connectivity index (χ0v) is 9.07. The molecule has 0 aromatic heterocycles. The Morgan fingerprint density at radius 1 is 1.43 bits per heavy atom. The summed E-state index contributed by atoms with van der Waals surface area (Å²) in [5.41, 5.74) is 0. The van der Waals surface area contributed by atoms with Crippen LogP contribution in [0.5, 0.6) is 0 Å². The molecule has 0 spiro atoms. The number of carboxylic acid groups (broad SMARTS) is 1. The Morgan fingerprint density at radius 3 is 2.29 bits per heavy atom. The normalized spacial score (nSPS) is 14.9. The van der Waals surface area contributed by atoms with Crippen LogP contribution in [-0.4, -0.2) is 48.6 Å². The van der Waals surface area contributed by atoms with Crippen LogP contribution in [-0.2, 0) is 9.59 Å². The number of carbonyl (C=O) groups excluding carboxylic acids is 1. The third kappa shape index (κ3) is 3.74. The Hall–Kier alpha value is -1.10. The lowest BCUT2D eigenvalue weighted by Gasteiger charge is -2.24. The Kier molecular flexibility index (Phi) is 5.15. The van der Waals surface area contributed by atoms with Gasteiger partial charge in [-0.15, -0.1) is 0 Å². The number of rotatable bonds is 5. The fourth-order valence-electron chi connectivity index (χ4n) is 1.08. The summed E-state index contributed by atoms with van der Waals surface area (Å²) in [6.45, 7) is 3.73. The van der Waals surface area contributed by atoms with E-state index in [0.29, 0.717) is 6.54 Å². The molecule has 0 aliphatic heterocycles. The van der Waals surface area contributed by atoms with Crippen LogP contribution in [0.1, 0.15) is 13.8 Å². The van der Waals surface area contributed by atoms with Crippen LogP contribution < -0.4 is 5.32 Å². The molecule has 0 aromatic rings. The number of nitrogens with one attached hydrogen (secondary N) is 1. The lowest BCUT2D eigenvalue weighted by molar-refractivity contribution is -0.142. The maximum Gasteiger partial charge on any atom is 0.307 e. The largest absolute Gasteiger partial charge is 0.481 e. The minimum atomic E-state index is -0.846. The first kappa shape index (κ1) is 12.9. The second-order valence-corrected chi connectivity index (χ2v) is 3.47. The van der Waals surface area contributed by atoms with Crippen LogP contribution in [0, 0.1) is 5.92 Å². The average Bonchev–Trinajstić information content (AvgIpc) is 2.14. The van der Waals surface area contributed by atoms with Crippen molar-refractivity contribution in [1.82, 2.24) is 10.2 Å². The smallest absolute Gasteiger partial charge is 0.307 e. The molecule has 0 saturated carbocycles. The second-order valence-electron chi connectivity index (χ2n) is 3.47. The summed E-state index contributed by atoms with van der Waals surface area (Å²) < 4.78 is 0. The van der Waals surface area contributed by atoms with Crippen LogP contribution in [0.4, 0.5) is 0 Å². The Balaban J connectivity index is 4.13. The molecule has 0 aliphatic rings.